The Morgan fingerprint density at radius 3 is 3.00 bits per heavy atom. The molecule has 0 fully saturated rings. The molecule has 1 atom stereocenters. The molecule has 0 saturated carbocycles. The molecule has 1 aromatic carbocycles. The van der Waals surface area contributed by atoms with Crippen LogP contribution in [0.2, 0.25) is 0 Å². The zero-order valence-electron chi connectivity index (χ0n) is 11.9. The van der Waals surface area contributed by atoms with E-state index in [2.05, 4.69) is 18.3 Å². The number of anilines is 1. The van der Waals surface area contributed by atoms with Gasteiger partial charge in [-0.3, -0.25) is 4.79 Å². The molecule has 0 bridgehead atoms. The van der Waals surface area contributed by atoms with Gasteiger partial charge in [0, 0.05) is 20.1 Å². The average molecular weight is 262 g/mol. The fraction of sp³-hybridized carbons (Fsp3) is 0.533. The van der Waals surface area contributed by atoms with Gasteiger partial charge in [0.25, 0.3) is 0 Å². The number of nitrogens with one attached hydrogen (secondary N) is 1. The number of amides is 1. The van der Waals surface area contributed by atoms with Gasteiger partial charge in [-0.15, -0.1) is 0 Å². The Morgan fingerprint density at radius 2 is 2.26 bits per heavy atom. The monoisotopic (exact) mass is 262 g/mol. The molecular formula is C15H22N2O2. The van der Waals surface area contributed by atoms with E-state index in [0.29, 0.717) is 19.1 Å². The lowest BCUT2D eigenvalue weighted by molar-refractivity contribution is -0.129. The van der Waals surface area contributed by atoms with Crippen molar-refractivity contribution < 1.29 is 9.53 Å². The van der Waals surface area contributed by atoms with Gasteiger partial charge in [-0.2, -0.15) is 0 Å². The number of hydrogen-bond acceptors (Lipinski definition) is 3. The molecule has 0 radical (unpaired) electrons. The predicted molar refractivity (Wildman–Crippen MR) is 76.7 cm³/mol. The van der Waals surface area contributed by atoms with E-state index in [1.165, 1.54) is 5.56 Å². The second-order valence-electron chi connectivity index (χ2n) is 5.26. The van der Waals surface area contributed by atoms with Crippen LogP contribution >= 0.6 is 0 Å². The van der Waals surface area contributed by atoms with E-state index >= 15 is 0 Å². The topological polar surface area (TPSA) is 41.6 Å². The third-order valence-electron chi connectivity index (χ3n) is 3.42. The minimum atomic E-state index is 0.0890. The standard InChI is InChI=1S/C15H22N2O2/c1-11-7-8-12-5-4-6-13(15(12)16-11)19-10-9-14(18)17(2)3/h4-6,11,16H,7-10H2,1-3H3. The Labute approximate surface area is 114 Å². The van der Waals surface area contributed by atoms with E-state index in [9.17, 15) is 4.79 Å². The third kappa shape index (κ3) is 3.40. The first-order valence-electron chi connectivity index (χ1n) is 6.79. The van der Waals surface area contributed by atoms with Gasteiger partial charge in [-0.05, 0) is 31.4 Å². The summed E-state index contributed by atoms with van der Waals surface area (Å²) >= 11 is 0. The molecular weight excluding hydrogens is 240 g/mol. The molecule has 104 valence electrons. The van der Waals surface area contributed by atoms with Crippen molar-refractivity contribution in [1.29, 1.82) is 0 Å². The zero-order valence-corrected chi connectivity index (χ0v) is 11.9. The number of carbonyl (C=O) groups excluding carboxylic acids is 1. The minimum Gasteiger partial charge on any atom is -0.491 e. The second-order valence-corrected chi connectivity index (χ2v) is 5.26. The fourth-order valence-corrected chi connectivity index (χ4v) is 2.23. The Kier molecular flexibility index (Phi) is 4.30. The van der Waals surface area contributed by atoms with Gasteiger partial charge < -0.3 is 15.0 Å². The highest BCUT2D eigenvalue weighted by molar-refractivity contribution is 5.75. The number of rotatable bonds is 4. The molecule has 1 heterocycles. The van der Waals surface area contributed by atoms with Crippen LogP contribution in [0, 0.1) is 0 Å². The van der Waals surface area contributed by atoms with Crippen molar-refractivity contribution in [3.63, 3.8) is 0 Å². The maximum absolute atomic E-state index is 11.5. The van der Waals surface area contributed by atoms with Crippen LogP contribution in [0.3, 0.4) is 0 Å². The van der Waals surface area contributed by atoms with Crippen LogP contribution in [-0.2, 0) is 11.2 Å². The van der Waals surface area contributed by atoms with E-state index in [1.807, 2.05) is 12.1 Å². The van der Waals surface area contributed by atoms with Gasteiger partial charge in [0.05, 0.1) is 18.7 Å². The van der Waals surface area contributed by atoms with Crippen LogP contribution in [0.5, 0.6) is 5.75 Å². The lowest BCUT2D eigenvalue weighted by Crippen LogP contribution is -2.24. The van der Waals surface area contributed by atoms with Crippen molar-refractivity contribution in [3.8, 4) is 5.75 Å². The predicted octanol–water partition coefficient (Wildman–Crippen LogP) is 2.29. The molecule has 1 aromatic rings. The van der Waals surface area contributed by atoms with E-state index in [0.717, 1.165) is 24.3 Å². The number of benzene rings is 1. The van der Waals surface area contributed by atoms with Crippen LogP contribution in [0.25, 0.3) is 0 Å². The smallest absolute Gasteiger partial charge is 0.225 e. The molecule has 0 saturated heterocycles. The van der Waals surface area contributed by atoms with E-state index < -0.39 is 0 Å². The number of nitrogens with zero attached hydrogens (tertiary/aromatic N) is 1. The van der Waals surface area contributed by atoms with Gasteiger partial charge >= 0.3 is 0 Å². The van der Waals surface area contributed by atoms with Crippen LogP contribution in [0.4, 0.5) is 5.69 Å². The summed E-state index contributed by atoms with van der Waals surface area (Å²) in [5.74, 6) is 0.946. The van der Waals surface area contributed by atoms with Crippen molar-refractivity contribution >= 4 is 11.6 Å². The normalized spacial score (nSPS) is 17.3. The maximum Gasteiger partial charge on any atom is 0.225 e. The SMILES string of the molecule is CC1CCc2cccc(OCCC(=O)N(C)C)c2N1. The lowest BCUT2D eigenvalue weighted by Gasteiger charge is -2.26. The summed E-state index contributed by atoms with van der Waals surface area (Å²) in [6.07, 6.45) is 2.64. The number of hydrogen-bond donors (Lipinski definition) is 1. The summed E-state index contributed by atoms with van der Waals surface area (Å²) in [6.45, 7) is 2.60. The van der Waals surface area contributed by atoms with E-state index in [1.54, 1.807) is 19.0 Å². The Bertz CT molecular complexity index is 457. The highest BCUT2D eigenvalue weighted by atomic mass is 16.5. The van der Waals surface area contributed by atoms with Crippen LogP contribution in [0.1, 0.15) is 25.3 Å². The minimum absolute atomic E-state index is 0.0890. The summed E-state index contributed by atoms with van der Waals surface area (Å²) in [6, 6.07) is 6.58. The van der Waals surface area contributed by atoms with Crippen molar-refractivity contribution in [2.24, 2.45) is 0 Å². The van der Waals surface area contributed by atoms with Gasteiger partial charge in [0.2, 0.25) is 5.91 Å². The summed E-state index contributed by atoms with van der Waals surface area (Å²) in [7, 11) is 3.52. The first kappa shape index (κ1) is 13.7. The first-order valence-corrected chi connectivity index (χ1v) is 6.79. The second kappa shape index (κ2) is 5.95. The van der Waals surface area contributed by atoms with Crippen LogP contribution in [0.15, 0.2) is 18.2 Å². The van der Waals surface area contributed by atoms with Gasteiger partial charge in [0.1, 0.15) is 5.75 Å². The number of para-hydroxylation sites is 1. The molecule has 0 aromatic heterocycles. The van der Waals surface area contributed by atoms with Crippen molar-refractivity contribution in [3.05, 3.63) is 23.8 Å². The Balaban J connectivity index is 1.99. The molecule has 1 aliphatic rings. The molecule has 2 rings (SSSR count). The number of carbonyl (C=O) groups is 1. The first-order chi connectivity index (χ1) is 9.08. The molecule has 1 unspecified atom stereocenters. The van der Waals surface area contributed by atoms with Gasteiger partial charge in [-0.1, -0.05) is 12.1 Å². The van der Waals surface area contributed by atoms with Crippen molar-refractivity contribution in [1.82, 2.24) is 4.90 Å². The van der Waals surface area contributed by atoms with E-state index in [4.69, 9.17) is 4.74 Å². The van der Waals surface area contributed by atoms with Crippen molar-refractivity contribution in [2.45, 2.75) is 32.2 Å². The molecule has 1 amide bonds. The van der Waals surface area contributed by atoms with Crippen LogP contribution in [-0.4, -0.2) is 37.6 Å². The summed E-state index contributed by atoms with van der Waals surface area (Å²) in [5, 5.41) is 3.47. The zero-order chi connectivity index (χ0) is 13.8. The number of ether oxygens (including phenoxy) is 1. The molecule has 4 heteroatoms. The van der Waals surface area contributed by atoms with Crippen molar-refractivity contribution in [2.75, 3.05) is 26.0 Å². The van der Waals surface area contributed by atoms with E-state index in [-0.39, 0.29) is 5.91 Å². The average Bonchev–Trinajstić information content (AvgIpc) is 2.39. The highest BCUT2D eigenvalue weighted by Gasteiger charge is 2.17. The molecule has 19 heavy (non-hydrogen) atoms. The van der Waals surface area contributed by atoms with Crippen LogP contribution < -0.4 is 10.1 Å². The summed E-state index contributed by atoms with van der Waals surface area (Å²) in [5.41, 5.74) is 2.40. The summed E-state index contributed by atoms with van der Waals surface area (Å²) in [4.78, 5) is 13.1. The molecule has 0 spiro atoms. The van der Waals surface area contributed by atoms with Gasteiger partial charge in [0.15, 0.2) is 0 Å². The Morgan fingerprint density at radius 1 is 1.47 bits per heavy atom. The number of fused-ring (bicyclic) bond motifs is 1. The Hall–Kier alpha value is -1.71. The molecule has 1 N–H and O–H groups in total. The number of aryl methyl sites for hydroxylation is 1. The highest BCUT2D eigenvalue weighted by Crippen LogP contribution is 2.33. The fourth-order valence-electron chi connectivity index (χ4n) is 2.23. The molecule has 0 aliphatic carbocycles. The lowest BCUT2D eigenvalue weighted by atomic mass is 9.98. The van der Waals surface area contributed by atoms with Gasteiger partial charge in [-0.25, -0.2) is 0 Å². The largest absolute Gasteiger partial charge is 0.491 e. The third-order valence-corrected chi connectivity index (χ3v) is 3.42. The molecule has 1 aliphatic heterocycles. The summed E-state index contributed by atoms with van der Waals surface area (Å²) < 4.78 is 5.76. The molecule has 4 nitrogen and oxygen atoms in total. The quantitative estimate of drug-likeness (QED) is 0.905. The maximum atomic E-state index is 11.5.